The van der Waals surface area contributed by atoms with E-state index in [0.717, 1.165) is 22.4 Å². The fourth-order valence-electron chi connectivity index (χ4n) is 5.42. The van der Waals surface area contributed by atoms with Crippen molar-refractivity contribution in [3.8, 4) is 17.1 Å². The van der Waals surface area contributed by atoms with Gasteiger partial charge < -0.3 is 14.1 Å². The molecule has 11 heteroatoms. The lowest BCUT2D eigenvalue weighted by molar-refractivity contribution is 0.0487. The number of rotatable bonds is 4. The maximum atomic E-state index is 14.3. The molecule has 5 rings (SSSR count). The minimum Gasteiger partial charge on any atom is -0.475 e. The van der Waals surface area contributed by atoms with Gasteiger partial charge in [0.2, 0.25) is 17.7 Å². The Bertz CT molecular complexity index is 1820. The first-order valence-electron chi connectivity index (χ1n) is 15.0. The van der Waals surface area contributed by atoms with E-state index >= 15 is 0 Å². The summed E-state index contributed by atoms with van der Waals surface area (Å²) in [6, 6.07) is 13.1. The molecule has 1 atom stereocenters. The smallest absolute Gasteiger partial charge is 0.264 e. The van der Waals surface area contributed by atoms with Crippen LogP contribution in [0.3, 0.4) is 0 Å². The van der Waals surface area contributed by atoms with Crippen LogP contribution >= 0.6 is 0 Å². The average Bonchev–Trinajstić information content (AvgIpc) is 3.42. The van der Waals surface area contributed by atoms with Crippen LogP contribution in [0.4, 0.5) is 5.95 Å². The number of nitrogens with one attached hydrogen (secondary N) is 1. The molecule has 0 saturated heterocycles. The molecule has 10 nitrogen and oxygen atoms in total. The van der Waals surface area contributed by atoms with E-state index in [9.17, 15) is 13.2 Å². The summed E-state index contributed by atoms with van der Waals surface area (Å²) in [5.74, 6) is 0.0702. The molecular weight excluding hydrogens is 590 g/mol. The molecule has 238 valence electrons. The minimum atomic E-state index is -4.17. The standard InChI is InChI=1S/C34H41N5O5S/c1-21-11-9-12-22(2)30(21)26-16-28-37-32(35-26)38-45(41,42)25-14-10-13-23(15-25)31(40)39(24(19-43-28)17-33(3,4)5)18-29-36-27(20-44-29)34(6,7)8/h9-16,20,24H,17-19H2,1-8H3,(H,35,37,38)/t24-/m1/s1. The molecule has 0 unspecified atom stereocenters. The summed E-state index contributed by atoms with van der Waals surface area (Å²) < 4.78 is 41.9. The molecule has 1 N–H and O–H groups in total. The molecule has 3 heterocycles. The minimum absolute atomic E-state index is 0.0664. The van der Waals surface area contributed by atoms with E-state index in [1.54, 1.807) is 29.4 Å². The maximum absolute atomic E-state index is 14.3. The monoisotopic (exact) mass is 631 g/mol. The summed E-state index contributed by atoms with van der Waals surface area (Å²) in [6.45, 7) is 16.5. The summed E-state index contributed by atoms with van der Waals surface area (Å²) in [6.07, 6.45) is 2.19. The number of oxazole rings is 1. The van der Waals surface area contributed by atoms with Crippen LogP contribution < -0.4 is 9.46 Å². The highest BCUT2D eigenvalue weighted by Crippen LogP contribution is 2.32. The second-order valence-corrected chi connectivity index (χ2v) is 15.5. The Morgan fingerprint density at radius 1 is 0.956 bits per heavy atom. The summed E-state index contributed by atoms with van der Waals surface area (Å²) in [4.78, 5) is 29.6. The first-order chi connectivity index (χ1) is 21.0. The Labute approximate surface area is 265 Å². The number of hydrogen-bond donors (Lipinski definition) is 1. The Morgan fingerprint density at radius 2 is 1.64 bits per heavy atom. The predicted octanol–water partition coefficient (Wildman–Crippen LogP) is 6.69. The first kappa shape index (κ1) is 32.2. The number of fused-ring (bicyclic) bond motifs is 4. The van der Waals surface area contributed by atoms with E-state index in [-0.39, 0.29) is 52.2 Å². The van der Waals surface area contributed by atoms with Crippen LogP contribution in [0.15, 0.2) is 64.1 Å². The van der Waals surface area contributed by atoms with Gasteiger partial charge in [-0.15, -0.1) is 0 Å². The second kappa shape index (κ2) is 11.9. The second-order valence-electron chi connectivity index (χ2n) is 13.9. The van der Waals surface area contributed by atoms with E-state index in [4.69, 9.17) is 14.1 Å². The van der Waals surface area contributed by atoms with Gasteiger partial charge in [0.15, 0.2) is 0 Å². The molecule has 0 spiro atoms. The van der Waals surface area contributed by atoms with Crippen molar-refractivity contribution < 1.29 is 22.4 Å². The number of aromatic nitrogens is 3. The van der Waals surface area contributed by atoms with Gasteiger partial charge in [-0.2, -0.15) is 4.98 Å². The van der Waals surface area contributed by atoms with Gasteiger partial charge in [-0.25, -0.2) is 23.1 Å². The van der Waals surface area contributed by atoms with Crippen molar-refractivity contribution in [2.75, 3.05) is 11.3 Å². The Balaban J connectivity index is 1.67. The number of aryl methyl sites for hydroxylation is 2. The van der Waals surface area contributed by atoms with Gasteiger partial charge >= 0.3 is 0 Å². The number of hydrogen-bond acceptors (Lipinski definition) is 8. The van der Waals surface area contributed by atoms with Gasteiger partial charge in [0.05, 0.1) is 28.9 Å². The molecule has 0 saturated carbocycles. The number of benzene rings is 2. The maximum Gasteiger partial charge on any atom is 0.264 e. The largest absolute Gasteiger partial charge is 0.475 e. The molecule has 1 aliphatic heterocycles. The van der Waals surface area contributed by atoms with Crippen molar-refractivity contribution in [2.45, 2.75) is 84.7 Å². The van der Waals surface area contributed by atoms with E-state index < -0.39 is 16.1 Å². The summed E-state index contributed by atoms with van der Waals surface area (Å²) >= 11 is 0. The zero-order chi connectivity index (χ0) is 32.7. The molecule has 0 radical (unpaired) electrons. The van der Waals surface area contributed by atoms with E-state index in [1.807, 2.05) is 52.8 Å². The molecule has 45 heavy (non-hydrogen) atoms. The lowest BCUT2D eigenvalue weighted by Crippen LogP contribution is -2.45. The highest BCUT2D eigenvalue weighted by atomic mass is 32.2. The first-order valence-corrected chi connectivity index (χ1v) is 16.5. The van der Waals surface area contributed by atoms with Crippen molar-refractivity contribution in [3.05, 3.63) is 83.1 Å². The highest BCUT2D eigenvalue weighted by molar-refractivity contribution is 7.92. The predicted molar refractivity (Wildman–Crippen MR) is 173 cm³/mol. The molecule has 1 amide bonds. The molecular formula is C34H41N5O5S. The lowest BCUT2D eigenvalue weighted by Gasteiger charge is -2.35. The quantitative estimate of drug-likeness (QED) is 0.264. The molecule has 0 fully saturated rings. The van der Waals surface area contributed by atoms with Crippen LogP contribution in [0.5, 0.6) is 5.88 Å². The number of anilines is 1. The third kappa shape index (κ3) is 7.36. The van der Waals surface area contributed by atoms with Gasteiger partial charge in [-0.1, -0.05) is 65.8 Å². The molecule has 4 aromatic rings. The van der Waals surface area contributed by atoms with Crippen molar-refractivity contribution in [3.63, 3.8) is 0 Å². The molecule has 2 aromatic carbocycles. The van der Waals surface area contributed by atoms with Gasteiger partial charge in [-0.05, 0) is 55.0 Å². The summed E-state index contributed by atoms with van der Waals surface area (Å²) in [5.41, 5.74) is 3.87. The van der Waals surface area contributed by atoms with Crippen molar-refractivity contribution >= 4 is 21.9 Å². The summed E-state index contributed by atoms with van der Waals surface area (Å²) in [5, 5.41) is 0. The van der Waals surface area contributed by atoms with Crippen LogP contribution in [-0.4, -0.2) is 46.8 Å². The number of sulfonamides is 1. The topological polar surface area (TPSA) is 128 Å². The van der Waals surface area contributed by atoms with Crippen molar-refractivity contribution in [2.24, 2.45) is 5.41 Å². The highest BCUT2D eigenvalue weighted by Gasteiger charge is 2.33. The van der Waals surface area contributed by atoms with Gasteiger partial charge in [0.1, 0.15) is 12.9 Å². The molecule has 2 aromatic heterocycles. The normalized spacial score (nSPS) is 17.0. The van der Waals surface area contributed by atoms with E-state index in [0.29, 0.717) is 18.0 Å². The van der Waals surface area contributed by atoms with Gasteiger partial charge in [0.25, 0.3) is 15.9 Å². The number of amides is 1. The molecule has 0 aliphatic carbocycles. The Morgan fingerprint density at radius 3 is 2.29 bits per heavy atom. The third-order valence-electron chi connectivity index (χ3n) is 7.66. The number of carbonyl (C=O) groups excluding carboxylic acids is 1. The number of ether oxygens (including phenoxy) is 1. The van der Waals surface area contributed by atoms with E-state index in [1.165, 1.54) is 12.1 Å². The zero-order valence-electron chi connectivity index (χ0n) is 27.1. The van der Waals surface area contributed by atoms with Crippen LogP contribution in [-0.2, 0) is 22.0 Å². The number of nitrogens with zero attached hydrogens (tertiary/aromatic N) is 4. The van der Waals surface area contributed by atoms with Crippen LogP contribution in [0.1, 0.15) is 81.0 Å². The summed E-state index contributed by atoms with van der Waals surface area (Å²) in [7, 11) is -4.17. The van der Waals surface area contributed by atoms with Crippen molar-refractivity contribution in [1.82, 2.24) is 19.9 Å². The van der Waals surface area contributed by atoms with Crippen LogP contribution in [0.25, 0.3) is 11.3 Å². The number of carbonyl (C=O) groups is 1. The van der Waals surface area contributed by atoms with E-state index in [2.05, 4.69) is 35.5 Å². The SMILES string of the molecule is Cc1cccc(C)c1-c1cc2nc(n1)NS(=O)(=O)c1cccc(c1)C(=O)N(Cc1nc(C(C)(C)C)co1)[C@H](CC(C)(C)C)CO2. The molecule has 4 bridgehead atoms. The Hall–Kier alpha value is -4.25. The fraction of sp³-hybridized carbons (Fsp3) is 0.412. The zero-order valence-corrected chi connectivity index (χ0v) is 27.9. The Kier molecular flexibility index (Phi) is 8.52. The molecule has 1 aliphatic rings. The van der Waals surface area contributed by atoms with Crippen molar-refractivity contribution in [1.29, 1.82) is 0 Å². The van der Waals surface area contributed by atoms with Crippen LogP contribution in [0, 0.1) is 19.3 Å². The third-order valence-corrected chi connectivity index (χ3v) is 8.98. The van der Waals surface area contributed by atoms with Gasteiger partial charge in [0, 0.05) is 22.6 Å². The lowest BCUT2D eigenvalue weighted by atomic mass is 9.87. The van der Waals surface area contributed by atoms with Gasteiger partial charge in [-0.3, -0.25) is 4.79 Å². The fourth-order valence-corrected chi connectivity index (χ4v) is 6.41. The average molecular weight is 632 g/mol. The van der Waals surface area contributed by atoms with Crippen LogP contribution in [0.2, 0.25) is 0 Å².